The minimum atomic E-state index is 0.108. The number of amides is 1. The van der Waals surface area contributed by atoms with E-state index in [9.17, 15) is 4.79 Å². The second-order valence-electron chi connectivity index (χ2n) is 6.49. The largest absolute Gasteiger partial charge is 0.360 e. The zero-order chi connectivity index (χ0) is 16.8. The molecular formula is C20H26N3O+. The van der Waals surface area contributed by atoms with E-state index in [1.807, 2.05) is 31.2 Å². The van der Waals surface area contributed by atoms with Crippen molar-refractivity contribution in [2.75, 3.05) is 42.9 Å². The molecule has 2 aromatic rings. The number of anilines is 2. The fourth-order valence-corrected chi connectivity index (χ4v) is 3.12. The molecule has 0 spiro atoms. The lowest BCUT2D eigenvalue weighted by Crippen LogP contribution is -3.15. The lowest BCUT2D eigenvalue weighted by molar-refractivity contribution is -0.900. The van der Waals surface area contributed by atoms with E-state index in [1.165, 1.54) is 16.2 Å². The highest BCUT2D eigenvalue weighted by atomic mass is 16.1. The molecule has 0 unspecified atom stereocenters. The third-order valence-corrected chi connectivity index (χ3v) is 4.63. The average Bonchev–Trinajstić information content (AvgIpc) is 2.63. The molecule has 0 bridgehead atoms. The van der Waals surface area contributed by atoms with E-state index in [2.05, 4.69) is 40.5 Å². The number of benzene rings is 2. The molecule has 2 N–H and O–H groups in total. The van der Waals surface area contributed by atoms with Crippen LogP contribution in [0.15, 0.2) is 54.6 Å². The van der Waals surface area contributed by atoms with Gasteiger partial charge in [-0.1, -0.05) is 35.9 Å². The van der Waals surface area contributed by atoms with Gasteiger partial charge in [0.05, 0.1) is 39.1 Å². The molecular weight excluding hydrogens is 298 g/mol. The summed E-state index contributed by atoms with van der Waals surface area (Å²) in [6.07, 6.45) is 0.578. The van der Waals surface area contributed by atoms with Crippen LogP contribution < -0.4 is 15.1 Å². The number of nitrogens with zero attached hydrogens (tertiary/aromatic N) is 1. The molecule has 0 radical (unpaired) electrons. The quantitative estimate of drug-likeness (QED) is 0.879. The summed E-state index contributed by atoms with van der Waals surface area (Å²) in [6.45, 7) is 7.24. The maximum atomic E-state index is 12.1. The Labute approximate surface area is 144 Å². The van der Waals surface area contributed by atoms with Crippen molar-refractivity contribution in [1.29, 1.82) is 0 Å². The van der Waals surface area contributed by atoms with Gasteiger partial charge in [-0.05, 0) is 31.2 Å². The van der Waals surface area contributed by atoms with Crippen LogP contribution in [0, 0.1) is 6.92 Å². The van der Waals surface area contributed by atoms with Crippen LogP contribution in [0.25, 0.3) is 0 Å². The first kappa shape index (κ1) is 16.5. The summed E-state index contributed by atoms with van der Waals surface area (Å²) in [5, 5.41) is 2.98. The minimum Gasteiger partial charge on any atom is -0.360 e. The zero-order valence-electron chi connectivity index (χ0n) is 14.3. The van der Waals surface area contributed by atoms with Gasteiger partial charge in [0.25, 0.3) is 0 Å². The van der Waals surface area contributed by atoms with Gasteiger partial charge in [-0.2, -0.15) is 0 Å². The van der Waals surface area contributed by atoms with Crippen LogP contribution in [0.2, 0.25) is 0 Å². The molecule has 0 aliphatic carbocycles. The number of carbonyl (C=O) groups is 1. The number of nitrogens with one attached hydrogen (secondary N) is 2. The van der Waals surface area contributed by atoms with Crippen LogP contribution in [-0.4, -0.2) is 38.6 Å². The summed E-state index contributed by atoms with van der Waals surface area (Å²) < 4.78 is 0. The van der Waals surface area contributed by atoms with Crippen LogP contribution >= 0.6 is 0 Å². The van der Waals surface area contributed by atoms with Gasteiger partial charge in [0.1, 0.15) is 0 Å². The number of carbonyl (C=O) groups excluding carboxylic acids is 1. The van der Waals surface area contributed by atoms with Crippen molar-refractivity contribution in [2.24, 2.45) is 0 Å². The molecule has 1 saturated heterocycles. The summed E-state index contributed by atoms with van der Waals surface area (Å²) in [7, 11) is 0. The molecule has 24 heavy (non-hydrogen) atoms. The maximum Gasteiger partial charge on any atom is 0.230 e. The number of aryl methyl sites for hydroxylation is 1. The summed E-state index contributed by atoms with van der Waals surface area (Å²) in [6, 6.07) is 18.5. The van der Waals surface area contributed by atoms with Crippen LogP contribution in [-0.2, 0) is 4.79 Å². The molecule has 1 amide bonds. The molecule has 0 aromatic heterocycles. The first-order valence-corrected chi connectivity index (χ1v) is 8.71. The third kappa shape index (κ3) is 4.59. The Bertz CT molecular complexity index is 646. The van der Waals surface area contributed by atoms with Gasteiger partial charge >= 0.3 is 0 Å². The lowest BCUT2D eigenvalue weighted by Gasteiger charge is -2.33. The van der Waals surface area contributed by atoms with E-state index in [1.54, 1.807) is 0 Å². The van der Waals surface area contributed by atoms with E-state index in [0.29, 0.717) is 6.42 Å². The predicted molar refractivity (Wildman–Crippen MR) is 98.6 cm³/mol. The second kappa shape index (κ2) is 7.97. The Morgan fingerprint density at radius 1 is 1.04 bits per heavy atom. The Hall–Kier alpha value is -2.33. The number of para-hydroxylation sites is 1. The molecule has 4 heteroatoms. The molecule has 1 heterocycles. The SMILES string of the molecule is Cc1ccc(NC(=O)CC[NH+]2CCN(c3ccccc3)CC2)cc1. The van der Waals surface area contributed by atoms with Gasteiger partial charge in [0.15, 0.2) is 0 Å². The van der Waals surface area contributed by atoms with Crippen molar-refractivity contribution in [1.82, 2.24) is 0 Å². The van der Waals surface area contributed by atoms with Crippen LogP contribution in [0.5, 0.6) is 0 Å². The topological polar surface area (TPSA) is 36.8 Å². The fourth-order valence-electron chi connectivity index (χ4n) is 3.12. The monoisotopic (exact) mass is 324 g/mol. The first-order valence-electron chi connectivity index (χ1n) is 8.71. The van der Waals surface area contributed by atoms with Crippen LogP contribution in [0.3, 0.4) is 0 Å². The van der Waals surface area contributed by atoms with Crippen molar-refractivity contribution in [2.45, 2.75) is 13.3 Å². The molecule has 126 valence electrons. The van der Waals surface area contributed by atoms with E-state index in [-0.39, 0.29) is 5.91 Å². The third-order valence-electron chi connectivity index (χ3n) is 4.63. The van der Waals surface area contributed by atoms with E-state index >= 15 is 0 Å². The van der Waals surface area contributed by atoms with Gasteiger partial charge in [-0.3, -0.25) is 4.79 Å². The molecule has 3 rings (SSSR count). The normalized spacial score (nSPS) is 15.3. The molecule has 2 aromatic carbocycles. The molecule has 4 nitrogen and oxygen atoms in total. The molecule has 0 atom stereocenters. The van der Waals surface area contributed by atoms with Crippen molar-refractivity contribution in [3.8, 4) is 0 Å². The van der Waals surface area contributed by atoms with E-state index in [4.69, 9.17) is 0 Å². The summed E-state index contributed by atoms with van der Waals surface area (Å²) in [4.78, 5) is 16.0. The van der Waals surface area contributed by atoms with Gasteiger partial charge in [0, 0.05) is 11.4 Å². The van der Waals surface area contributed by atoms with Crippen molar-refractivity contribution < 1.29 is 9.69 Å². The Morgan fingerprint density at radius 2 is 1.71 bits per heavy atom. The van der Waals surface area contributed by atoms with E-state index in [0.717, 1.165) is 38.4 Å². The molecule has 1 aliphatic rings. The predicted octanol–water partition coefficient (Wildman–Crippen LogP) is 1.73. The Kier molecular flexibility index (Phi) is 5.49. The van der Waals surface area contributed by atoms with Gasteiger partial charge < -0.3 is 15.1 Å². The maximum absolute atomic E-state index is 12.1. The fraction of sp³-hybridized carbons (Fsp3) is 0.350. The standard InChI is InChI=1S/C20H25N3O/c1-17-7-9-18(10-8-17)21-20(24)11-12-22-13-15-23(16-14-22)19-5-3-2-4-6-19/h2-10H,11-16H2,1H3,(H,21,24)/p+1. The smallest absolute Gasteiger partial charge is 0.230 e. The summed E-state index contributed by atoms with van der Waals surface area (Å²) in [5.74, 6) is 0.108. The highest BCUT2D eigenvalue weighted by Crippen LogP contribution is 2.12. The van der Waals surface area contributed by atoms with E-state index < -0.39 is 0 Å². The number of rotatable bonds is 5. The highest BCUT2D eigenvalue weighted by Gasteiger charge is 2.20. The number of quaternary nitrogens is 1. The van der Waals surface area contributed by atoms with Gasteiger partial charge in [0.2, 0.25) is 5.91 Å². The minimum absolute atomic E-state index is 0.108. The summed E-state index contributed by atoms with van der Waals surface area (Å²) >= 11 is 0. The van der Waals surface area contributed by atoms with Crippen molar-refractivity contribution in [3.63, 3.8) is 0 Å². The van der Waals surface area contributed by atoms with Crippen LogP contribution in [0.4, 0.5) is 11.4 Å². The number of hydrogen-bond donors (Lipinski definition) is 2. The van der Waals surface area contributed by atoms with Crippen molar-refractivity contribution >= 4 is 17.3 Å². The van der Waals surface area contributed by atoms with Crippen molar-refractivity contribution in [3.05, 3.63) is 60.2 Å². The van der Waals surface area contributed by atoms with Gasteiger partial charge in [-0.15, -0.1) is 0 Å². The molecule has 1 aliphatic heterocycles. The average molecular weight is 324 g/mol. The zero-order valence-corrected chi connectivity index (χ0v) is 14.3. The lowest BCUT2D eigenvalue weighted by atomic mass is 10.2. The first-order chi connectivity index (χ1) is 11.7. The molecule has 0 saturated carbocycles. The highest BCUT2D eigenvalue weighted by molar-refractivity contribution is 5.90. The van der Waals surface area contributed by atoms with Crippen LogP contribution in [0.1, 0.15) is 12.0 Å². The summed E-state index contributed by atoms with van der Waals surface area (Å²) in [5.41, 5.74) is 3.39. The second-order valence-corrected chi connectivity index (χ2v) is 6.49. The molecule has 1 fully saturated rings. The van der Waals surface area contributed by atoms with Gasteiger partial charge in [-0.25, -0.2) is 0 Å². The number of hydrogen-bond acceptors (Lipinski definition) is 2. The Balaban J connectivity index is 1.40. The Morgan fingerprint density at radius 3 is 2.38 bits per heavy atom. The number of piperazine rings is 1.